The minimum absolute atomic E-state index is 0.223. The third kappa shape index (κ3) is 4.21. The molecule has 0 N–H and O–H groups in total. The van der Waals surface area contributed by atoms with Gasteiger partial charge >= 0.3 is 0 Å². The van der Waals surface area contributed by atoms with E-state index in [1.54, 1.807) is 0 Å². The molecule has 0 saturated carbocycles. The molecule has 1 fully saturated rings. The molecule has 0 radical (unpaired) electrons. The summed E-state index contributed by atoms with van der Waals surface area (Å²) in [5.41, 5.74) is 9.54. The second kappa shape index (κ2) is 6.72. The van der Waals surface area contributed by atoms with Gasteiger partial charge in [-0.1, -0.05) is 35.4 Å². The maximum absolute atomic E-state index is 8.48. The van der Waals surface area contributed by atoms with Gasteiger partial charge in [0.25, 0.3) is 0 Å². The van der Waals surface area contributed by atoms with Crippen LogP contribution in [-0.4, -0.2) is 31.1 Å². The molecule has 2 rings (SSSR count). The highest BCUT2D eigenvalue weighted by atomic mass is 16.7. The van der Waals surface area contributed by atoms with Crippen molar-refractivity contribution in [1.82, 2.24) is 0 Å². The zero-order valence-electron chi connectivity index (χ0n) is 11.7. The molecule has 0 aromatic heterocycles. The average molecular weight is 277 g/mol. The molecule has 2 atom stereocenters. The first-order chi connectivity index (χ1) is 9.61. The molecule has 6 nitrogen and oxygen atoms in total. The standard InChI is InChI=1S/C14H19N3O3/c1-14(2)19-10-13(20-14)12(8-16-17-15)18-9-11-6-4-3-5-7-11/h3-7,12-13H,8-10H2,1-2H3/t12-,13-/m1/s1. The van der Waals surface area contributed by atoms with Crippen molar-refractivity contribution in [3.8, 4) is 0 Å². The van der Waals surface area contributed by atoms with E-state index < -0.39 is 5.79 Å². The van der Waals surface area contributed by atoms with Gasteiger partial charge in [-0.2, -0.15) is 0 Å². The first kappa shape index (κ1) is 14.8. The summed E-state index contributed by atoms with van der Waals surface area (Å²) in [6.07, 6.45) is -0.535. The van der Waals surface area contributed by atoms with E-state index in [9.17, 15) is 0 Å². The molecule has 108 valence electrons. The van der Waals surface area contributed by atoms with Gasteiger partial charge in [-0.3, -0.25) is 0 Å². The SMILES string of the molecule is CC1(C)OC[C@H]([C@@H](CN=[N+]=[N-])OCc2ccccc2)O1. The van der Waals surface area contributed by atoms with Crippen LogP contribution in [0.1, 0.15) is 19.4 Å². The summed E-state index contributed by atoms with van der Waals surface area (Å²) in [5.74, 6) is -0.616. The summed E-state index contributed by atoms with van der Waals surface area (Å²) in [6.45, 7) is 4.83. The van der Waals surface area contributed by atoms with Crippen LogP contribution in [0.3, 0.4) is 0 Å². The number of hydrogen-bond donors (Lipinski definition) is 0. The van der Waals surface area contributed by atoms with Crippen molar-refractivity contribution in [3.05, 3.63) is 46.3 Å². The molecule has 0 aliphatic carbocycles. The third-order valence-corrected chi connectivity index (χ3v) is 3.08. The molecule has 1 aromatic carbocycles. The summed E-state index contributed by atoms with van der Waals surface area (Å²) in [6, 6.07) is 9.84. The van der Waals surface area contributed by atoms with Crippen molar-refractivity contribution in [3.63, 3.8) is 0 Å². The molecule has 6 heteroatoms. The molecule has 1 heterocycles. The summed E-state index contributed by atoms with van der Waals surface area (Å²) >= 11 is 0. The summed E-state index contributed by atoms with van der Waals surface area (Å²) < 4.78 is 17.1. The smallest absolute Gasteiger partial charge is 0.163 e. The highest BCUT2D eigenvalue weighted by Gasteiger charge is 2.37. The van der Waals surface area contributed by atoms with Crippen LogP contribution >= 0.6 is 0 Å². The Labute approximate surface area is 118 Å². The molecule has 0 spiro atoms. The average Bonchev–Trinajstić information content (AvgIpc) is 2.80. The van der Waals surface area contributed by atoms with Gasteiger partial charge in [0.05, 0.1) is 25.9 Å². The third-order valence-electron chi connectivity index (χ3n) is 3.08. The van der Waals surface area contributed by atoms with Crippen molar-refractivity contribution in [1.29, 1.82) is 0 Å². The van der Waals surface area contributed by atoms with Crippen LogP contribution in [0, 0.1) is 0 Å². The summed E-state index contributed by atoms with van der Waals surface area (Å²) in [4.78, 5) is 2.79. The van der Waals surface area contributed by atoms with Crippen LogP contribution in [0.4, 0.5) is 0 Å². The van der Waals surface area contributed by atoms with Crippen molar-refractivity contribution >= 4 is 0 Å². The Bertz CT molecular complexity index is 472. The van der Waals surface area contributed by atoms with E-state index in [0.717, 1.165) is 5.56 Å². The normalized spacial score (nSPS) is 22.2. The highest BCUT2D eigenvalue weighted by molar-refractivity contribution is 5.13. The fourth-order valence-corrected chi connectivity index (χ4v) is 2.07. The Balaban J connectivity index is 1.95. The predicted octanol–water partition coefficient (Wildman–Crippen LogP) is 3.03. The minimum Gasteiger partial charge on any atom is -0.371 e. The van der Waals surface area contributed by atoms with Crippen LogP contribution in [0.2, 0.25) is 0 Å². The molecule has 0 bridgehead atoms. The van der Waals surface area contributed by atoms with E-state index in [1.165, 1.54) is 0 Å². The van der Waals surface area contributed by atoms with E-state index in [2.05, 4.69) is 10.0 Å². The number of azide groups is 1. The van der Waals surface area contributed by atoms with Gasteiger partial charge in [0.1, 0.15) is 6.10 Å². The fourth-order valence-electron chi connectivity index (χ4n) is 2.07. The molecule has 1 aliphatic heterocycles. The van der Waals surface area contributed by atoms with Crippen LogP contribution in [-0.2, 0) is 20.8 Å². The monoisotopic (exact) mass is 277 g/mol. The summed E-state index contributed by atoms with van der Waals surface area (Å²) in [5, 5.41) is 3.60. The molecule has 20 heavy (non-hydrogen) atoms. The Morgan fingerprint density at radius 2 is 2.20 bits per heavy atom. The fraction of sp³-hybridized carbons (Fsp3) is 0.571. The predicted molar refractivity (Wildman–Crippen MR) is 73.9 cm³/mol. The Kier molecular flexibility index (Phi) is 4.98. The second-order valence-corrected chi connectivity index (χ2v) is 5.12. The van der Waals surface area contributed by atoms with Crippen molar-refractivity contribution < 1.29 is 14.2 Å². The summed E-state index contributed by atoms with van der Waals surface area (Å²) in [7, 11) is 0. The lowest BCUT2D eigenvalue weighted by molar-refractivity contribution is -0.156. The lowest BCUT2D eigenvalue weighted by Crippen LogP contribution is -2.35. The maximum Gasteiger partial charge on any atom is 0.163 e. The van der Waals surface area contributed by atoms with E-state index in [4.69, 9.17) is 19.7 Å². The van der Waals surface area contributed by atoms with Gasteiger partial charge in [-0.25, -0.2) is 0 Å². The van der Waals surface area contributed by atoms with E-state index >= 15 is 0 Å². The topological polar surface area (TPSA) is 76.5 Å². The molecule has 0 amide bonds. The Hall–Kier alpha value is -1.59. The Morgan fingerprint density at radius 3 is 2.80 bits per heavy atom. The molecule has 1 aromatic rings. The number of nitrogens with zero attached hydrogens (tertiary/aromatic N) is 3. The maximum atomic E-state index is 8.48. The molecule has 0 unspecified atom stereocenters. The van der Waals surface area contributed by atoms with Gasteiger partial charge in [0.15, 0.2) is 5.79 Å². The van der Waals surface area contributed by atoms with Crippen LogP contribution in [0.5, 0.6) is 0 Å². The minimum atomic E-state index is -0.616. The Morgan fingerprint density at radius 1 is 1.45 bits per heavy atom. The zero-order valence-corrected chi connectivity index (χ0v) is 11.7. The second-order valence-electron chi connectivity index (χ2n) is 5.12. The van der Waals surface area contributed by atoms with Crippen molar-refractivity contribution in [2.75, 3.05) is 13.2 Å². The number of hydrogen-bond acceptors (Lipinski definition) is 4. The van der Waals surface area contributed by atoms with Crippen molar-refractivity contribution in [2.24, 2.45) is 5.11 Å². The lowest BCUT2D eigenvalue weighted by Gasteiger charge is -2.23. The van der Waals surface area contributed by atoms with Gasteiger partial charge < -0.3 is 14.2 Å². The van der Waals surface area contributed by atoms with Crippen molar-refractivity contribution in [2.45, 2.75) is 38.4 Å². The molecule has 1 saturated heterocycles. The van der Waals surface area contributed by atoms with E-state index in [-0.39, 0.29) is 18.8 Å². The van der Waals surface area contributed by atoms with E-state index in [0.29, 0.717) is 13.2 Å². The van der Waals surface area contributed by atoms with Crippen LogP contribution in [0.15, 0.2) is 35.4 Å². The first-order valence-electron chi connectivity index (χ1n) is 6.59. The zero-order chi connectivity index (χ0) is 14.4. The van der Waals surface area contributed by atoms with Gasteiger partial charge in [-0.15, -0.1) is 0 Å². The molecular weight excluding hydrogens is 258 g/mol. The first-order valence-corrected chi connectivity index (χ1v) is 6.59. The largest absolute Gasteiger partial charge is 0.371 e. The van der Waals surface area contributed by atoms with Gasteiger partial charge in [0.2, 0.25) is 0 Å². The van der Waals surface area contributed by atoms with Gasteiger partial charge in [-0.05, 0) is 24.9 Å². The van der Waals surface area contributed by atoms with Crippen LogP contribution in [0.25, 0.3) is 10.4 Å². The number of rotatable bonds is 6. The quantitative estimate of drug-likeness (QED) is 0.455. The van der Waals surface area contributed by atoms with Crippen LogP contribution < -0.4 is 0 Å². The molecule has 1 aliphatic rings. The number of ether oxygens (including phenoxy) is 3. The highest BCUT2D eigenvalue weighted by Crippen LogP contribution is 2.26. The van der Waals surface area contributed by atoms with E-state index in [1.807, 2.05) is 44.2 Å². The van der Waals surface area contributed by atoms with Gasteiger partial charge in [0, 0.05) is 4.91 Å². The lowest BCUT2D eigenvalue weighted by atomic mass is 10.2. The number of benzene rings is 1. The molecular formula is C14H19N3O3.